The first kappa shape index (κ1) is 16.1. The third-order valence-corrected chi connectivity index (χ3v) is 4.76. The van der Waals surface area contributed by atoms with E-state index in [1.807, 2.05) is 4.68 Å². The van der Waals surface area contributed by atoms with Crippen LogP contribution in [-0.2, 0) is 6.18 Å². The van der Waals surface area contributed by atoms with Gasteiger partial charge in [0.25, 0.3) is 0 Å². The Morgan fingerprint density at radius 1 is 1.12 bits per heavy atom. The molecule has 0 atom stereocenters. The lowest BCUT2D eigenvalue weighted by molar-refractivity contribution is -0.137. The summed E-state index contributed by atoms with van der Waals surface area (Å²) in [5.41, 5.74) is 1.52. The number of alkyl halides is 3. The number of halogens is 3. The van der Waals surface area contributed by atoms with Gasteiger partial charge in [0.1, 0.15) is 11.3 Å². The molecule has 1 aliphatic rings. The minimum atomic E-state index is -4.33. The molecule has 0 spiro atoms. The zero-order chi connectivity index (χ0) is 17.6. The Kier molecular flexibility index (Phi) is 3.79. The highest BCUT2D eigenvalue weighted by Gasteiger charge is 2.30. The molecule has 1 saturated heterocycles. The van der Waals surface area contributed by atoms with Crippen molar-refractivity contribution in [3.63, 3.8) is 0 Å². The van der Waals surface area contributed by atoms with Crippen LogP contribution in [0.5, 0.6) is 0 Å². The summed E-state index contributed by atoms with van der Waals surface area (Å²) in [7, 11) is 2.10. The standard InChI is InChI=1S/C17H18F3N5/c1-24-8-6-13(7-9-24)25-16-14(10-21-25)22-15(23-16)11-2-4-12(5-3-11)17(18,19)20/h2-5,10,13H,6-9H2,1H3,(H,22,23). The van der Waals surface area contributed by atoms with Gasteiger partial charge in [0.2, 0.25) is 0 Å². The normalized spacial score (nSPS) is 17.4. The first-order valence-electron chi connectivity index (χ1n) is 8.21. The Hall–Kier alpha value is -2.35. The first-order valence-corrected chi connectivity index (χ1v) is 8.21. The highest BCUT2D eigenvalue weighted by Crippen LogP contribution is 2.31. The number of aromatic amines is 1. The van der Waals surface area contributed by atoms with Crippen LogP contribution in [0.1, 0.15) is 24.4 Å². The molecule has 8 heteroatoms. The van der Waals surface area contributed by atoms with Gasteiger partial charge in [-0.15, -0.1) is 0 Å². The van der Waals surface area contributed by atoms with Gasteiger partial charge in [0.05, 0.1) is 17.8 Å². The molecule has 0 amide bonds. The molecule has 0 unspecified atom stereocenters. The molecule has 3 heterocycles. The molecule has 0 aliphatic carbocycles. The number of rotatable bonds is 2. The fraction of sp³-hybridized carbons (Fsp3) is 0.412. The maximum atomic E-state index is 12.7. The van der Waals surface area contributed by atoms with Gasteiger partial charge in [-0.3, -0.25) is 0 Å². The molecule has 3 aromatic rings. The van der Waals surface area contributed by atoms with Gasteiger partial charge >= 0.3 is 6.18 Å². The molecule has 1 aromatic carbocycles. The van der Waals surface area contributed by atoms with Crippen molar-refractivity contribution in [1.82, 2.24) is 24.6 Å². The quantitative estimate of drug-likeness (QED) is 0.767. The van der Waals surface area contributed by atoms with Gasteiger partial charge in [-0.2, -0.15) is 18.3 Å². The highest BCUT2D eigenvalue weighted by molar-refractivity contribution is 5.76. The molecule has 25 heavy (non-hydrogen) atoms. The van der Waals surface area contributed by atoms with Crippen molar-refractivity contribution in [2.24, 2.45) is 0 Å². The number of aromatic nitrogens is 4. The number of hydrogen-bond donors (Lipinski definition) is 1. The van der Waals surface area contributed by atoms with Crippen molar-refractivity contribution in [3.8, 4) is 11.4 Å². The topological polar surface area (TPSA) is 49.7 Å². The summed E-state index contributed by atoms with van der Waals surface area (Å²) in [6, 6.07) is 5.33. The first-order chi connectivity index (χ1) is 11.9. The summed E-state index contributed by atoms with van der Waals surface area (Å²) < 4.78 is 40.0. The van der Waals surface area contributed by atoms with Gasteiger partial charge in [0, 0.05) is 5.56 Å². The monoisotopic (exact) mass is 349 g/mol. The van der Waals surface area contributed by atoms with Gasteiger partial charge < -0.3 is 9.88 Å². The number of hydrogen-bond acceptors (Lipinski definition) is 3. The Labute approximate surface area is 142 Å². The molecular formula is C17H18F3N5. The van der Waals surface area contributed by atoms with Crippen LogP contribution in [-0.4, -0.2) is 44.8 Å². The van der Waals surface area contributed by atoms with E-state index in [0.29, 0.717) is 17.4 Å². The molecule has 0 saturated carbocycles. The number of nitrogens with zero attached hydrogens (tertiary/aromatic N) is 4. The second-order valence-electron chi connectivity index (χ2n) is 6.52. The van der Waals surface area contributed by atoms with E-state index in [0.717, 1.165) is 49.2 Å². The molecule has 1 N–H and O–H groups in total. The predicted molar refractivity (Wildman–Crippen MR) is 88.1 cm³/mol. The lowest BCUT2D eigenvalue weighted by atomic mass is 10.1. The lowest BCUT2D eigenvalue weighted by Gasteiger charge is -2.28. The van der Waals surface area contributed by atoms with E-state index in [2.05, 4.69) is 27.0 Å². The van der Waals surface area contributed by atoms with Crippen molar-refractivity contribution in [3.05, 3.63) is 36.0 Å². The Bertz CT molecular complexity index is 870. The van der Waals surface area contributed by atoms with Gasteiger partial charge in [0.15, 0.2) is 5.65 Å². The van der Waals surface area contributed by atoms with Crippen LogP contribution in [0.15, 0.2) is 30.5 Å². The zero-order valence-electron chi connectivity index (χ0n) is 13.7. The van der Waals surface area contributed by atoms with E-state index < -0.39 is 11.7 Å². The number of benzene rings is 1. The number of H-pyrrole nitrogens is 1. The van der Waals surface area contributed by atoms with Crippen LogP contribution in [0, 0.1) is 0 Å². The summed E-state index contributed by atoms with van der Waals surface area (Å²) in [6.07, 6.45) is -0.583. The highest BCUT2D eigenvalue weighted by atomic mass is 19.4. The van der Waals surface area contributed by atoms with Crippen molar-refractivity contribution in [1.29, 1.82) is 0 Å². The van der Waals surface area contributed by atoms with E-state index in [1.54, 1.807) is 6.20 Å². The summed E-state index contributed by atoms with van der Waals surface area (Å²) in [6.45, 7) is 2.03. The average Bonchev–Trinajstić information content (AvgIpc) is 3.16. The lowest BCUT2D eigenvalue weighted by Crippen LogP contribution is -2.31. The van der Waals surface area contributed by atoms with E-state index >= 15 is 0 Å². The van der Waals surface area contributed by atoms with E-state index in [1.165, 1.54) is 12.1 Å². The maximum Gasteiger partial charge on any atom is 0.416 e. The number of likely N-dealkylation sites (tertiary alicyclic amines) is 1. The van der Waals surface area contributed by atoms with Crippen molar-refractivity contribution < 1.29 is 13.2 Å². The largest absolute Gasteiger partial charge is 0.416 e. The number of nitrogens with one attached hydrogen (secondary N) is 1. The van der Waals surface area contributed by atoms with Crippen LogP contribution >= 0.6 is 0 Å². The molecule has 0 radical (unpaired) electrons. The molecule has 1 aliphatic heterocycles. The van der Waals surface area contributed by atoms with Crippen LogP contribution < -0.4 is 0 Å². The third-order valence-electron chi connectivity index (χ3n) is 4.76. The second-order valence-corrected chi connectivity index (χ2v) is 6.52. The Morgan fingerprint density at radius 2 is 1.80 bits per heavy atom. The number of imidazole rings is 1. The van der Waals surface area contributed by atoms with Crippen LogP contribution in [0.2, 0.25) is 0 Å². The predicted octanol–water partition coefficient (Wildman–Crippen LogP) is 3.71. The Morgan fingerprint density at radius 3 is 2.44 bits per heavy atom. The van der Waals surface area contributed by atoms with E-state index in [-0.39, 0.29) is 0 Å². The number of fused-ring (bicyclic) bond motifs is 1. The fourth-order valence-corrected chi connectivity index (χ4v) is 3.28. The Balaban J connectivity index is 1.64. The van der Waals surface area contributed by atoms with Crippen molar-refractivity contribution in [2.75, 3.05) is 20.1 Å². The SMILES string of the molecule is CN1CCC(n2ncc3[nH]c(-c4ccc(C(F)(F)F)cc4)nc32)CC1. The molecule has 4 rings (SSSR count). The molecule has 132 valence electrons. The summed E-state index contributed by atoms with van der Waals surface area (Å²) in [5, 5.41) is 4.44. The molecule has 2 aromatic heterocycles. The molecule has 0 bridgehead atoms. The molecular weight excluding hydrogens is 331 g/mol. The van der Waals surface area contributed by atoms with Crippen LogP contribution in [0.3, 0.4) is 0 Å². The average molecular weight is 349 g/mol. The van der Waals surface area contributed by atoms with Crippen molar-refractivity contribution >= 4 is 11.2 Å². The summed E-state index contributed by atoms with van der Waals surface area (Å²) in [4.78, 5) is 10.0. The van der Waals surface area contributed by atoms with Crippen LogP contribution in [0.25, 0.3) is 22.6 Å². The fourth-order valence-electron chi connectivity index (χ4n) is 3.28. The van der Waals surface area contributed by atoms with Gasteiger partial charge in [-0.05, 0) is 45.1 Å². The smallest absolute Gasteiger partial charge is 0.335 e. The van der Waals surface area contributed by atoms with Gasteiger partial charge in [-0.25, -0.2) is 9.67 Å². The minimum Gasteiger partial charge on any atom is -0.335 e. The van der Waals surface area contributed by atoms with E-state index in [9.17, 15) is 13.2 Å². The minimum absolute atomic E-state index is 0.303. The second kappa shape index (κ2) is 5.87. The van der Waals surface area contributed by atoms with Gasteiger partial charge in [-0.1, -0.05) is 12.1 Å². The maximum absolute atomic E-state index is 12.7. The number of piperidine rings is 1. The third kappa shape index (κ3) is 3.02. The van der Waals surface area contributed by atoms with Crippen molar-refractivity contribution in [2.45, 2.75) is 25.1 Å². The van der Waals surface area contributed by atoms with Crippen LogP contribution in [0.4, 0.5) is 13.2 Å². The molecule has 1 fully saturated rings. The van der Waals surface area contributed by atoms with E-state index in [4.69, 9.17) is 0 Å². The summed E-state index contributed by atoms with van der Waals surface area (Å²) in [5.74, 6) is 0.558. The zero-order valence-corrected chi connectivity index (χ0v) is 13.7. The molecule has 5 nitrogen and oxygen atoms in total. The summed E-state index contributed by atoms with van der Waals surface area (Å²) >= 11 is 0.